The number of hydrogen-bond acceptors (Lipinski definition) is 4. The minimum absolute atomic E-state index is 0.120. The molecule has 1 aliphatic rings. The van der Waals surface area contributed by atoms with E-state index in [1.54, 1.807) is 12.1 Å². The van der Waals surface area contributed by atoms with Crippen molar-refractivity contribution in [2.75, 3.05) is 26.0 Å². The molecule has 1 heterocycles. The summed E-state index contributed by atoms with van der Waals surface area (Å²) in [5.41, 5.74) is 1.93. The molecule has 0 spiro atoms. The number of halogens is 1. The molecular formula is C21H24ClN3O2S. The molecule has 3 rings (SSSR count). The summed E-state index contributed by atoms with van der Waals surface area (Å²) in [7, 11) is 4.01. The van der Waals surface area contributed by atoms with Crippen molar-refractivity contribution in [2.24, 2.45) is 0 Å². The molecule has 2 unspecified atom stereocenters. The van der Waals surface area contributed by atoms with Crippen LogP contribution in [0.1, 0.15) is 12.0 Å². The molecule has 1 aliphatic heterocycles. The zero-order valence-electron chi connectivity index (χ0n) is 15.9. The highest BCUT2D eigenvalue weighted by molar-refractivity contribution is 8.01. The third-order valence-corrected chi connectivity index (χ3v) is 6.22. The maximum Gasteiger partial charge on any atom is 0.238 e. The fourth-order valence-electron chi connectivity index (χ4n) is 3.05. The molecule has 2 amide bonds. The quantitative estimate of drug-likeness (QED) is 0.724. The van der Waals surface area contributed by atoms with Gasteiger partial charge < -0.3 is 15.5 Å². The molecule has 0 aromatic heterocycles. The van der Waals surface area contributed by atoms with Crippen molar-refractivity contribution in [2.45, 2.75) is 29.0 Å². The Kier molecular flexibility index (Phi) is 6.99. The summed E-state index contributed by atoms with van der Waals surface area (Å²) in [4.78, 5) is 27.8. The first kappa shape index (κ1) is 20.7. The molecule has 2 N–H and O–H groups in total. The average Bonchev–Trinajstić information content (AvgIpc) is 2.66. The van der Waals surface area contributed by atoms with Gasteiger partial charge >= 0.3 is 0 Å². The van der Waals surface area contributed by atoms with Gasteiger partial charge in [0.05, 0.1) is 10.9 Å². The van der Waals surface area contributed by atoms with Gasteiger partial charge in [0.2, 0.25) is 11.8 Å². The molecule has 0 saturated heterocycles. The van der Waals surface area contributed by atoms with Crippen molar-refractivity contribution in [1.82, 2.24) is 10.2 Å². The Balaban J connectivity index is 1.54. The van der Waals surface area contributed by atoms with Crippen LogP contribution in [0.2, 0.25) is 5.02 Å². The molecule has 0 saturated carbocycles. The van der Waals surface area contributed by atoms with E-state index in [9.17, 15) is 9.59 Å². The molecular weight excluding hydrogens is 394 g/mol. The molecule has 5 nitrogen and oxygen atoms in total. The number of amides is 2. The Morgan fingerprint density at radius 2 is 2.00 bits per heavy atom. The molecule has 148 valence electrons. The molecule has 0 fully saturated rings. The highest BCUT2D eigenvalue weighted by Crippen LogP contribution is 2.38. The lowest BCUT2D eigenvalue weighted by atomic mass is 10.1. The summed E-state index contributed by atoms with van der Waals surface area (Å²) in [5, 5.41) is 5.96. The van der Waals surface area contributed by atoms with Crippen LogP contribution < -0.4 is 10.6 Å². The van der Waals surface area contributed by atoms with Crippen molar-refractivity contribution >= 4 is 40.9 Å². The van der Waals surface area contributed by atoms with E-state index < -0.39 is 5.25 Å². The second-order valence-corrected chi connectivity index (χ2v) is 8.73. The molecule has 2 aromatic carbocycles. The van der Waals surface area contributed by atoms with E-state index in [1.165, 1.54) is 17.3 Å². The summed E-state index contributed by atoms with van der Waals surface area (Å²) in [5.74, 6) is -0.284. The number of nitrogens with one attached hydrogen (secondary N) is 2. The fourth-order valence-corrected chi connectivity index (χ4v) is 4.32. The molecule has 0 radical (unpaired) electrons. The molecule has 0 aliphatic carbocycles. The number of likely N-dealkylation sites (N-methyl/N-ethyl adjacent to an activating group) is 1. The molecule has 2 atom stereocenters. The van der Waals surface area contributed by atoms with Crippen LogP contribution in [-0.2, 0) is 16.0 Å². The summed E-state index contributed by atoms with van der Waals surface area (Å²) >= 11 is 7.37. The van der Waals surface area contributed by atoms with Gasteiger partial charge in [0.15, 0.2) is 0 Å². The van der Waals surface area contributed by atoms with E-state index in [2.05, 4.69) is 27.7 Å². The number of fused-ring (bicyclic) bond motifs is 1. The zero-order chi connectivity index (χ0) is 20.1. The smallest absolute Gasteiger partial charge is 0.238 e. The van der Waals surface area contributed by atoms with Crippen LogP contribution in [0.5, 0.6) is 0 Å². The molecule has 7 heteroatoms. The largest absolute Gasteiger partial charge is 0.354 e. The zero-order valence-corrected chi connectivity index (χ0v) is 17.5. The summed E-state index contributed by atoms with van der Waals surface area (Å²) < 4.78 is 0. The Morgan fingerprint density at radius 3 is 2.71 bits per heavy atom. The lowest BCUT2D eigenvalue weighted by Crippen LogP contribution is -2.43. The van der Waals surface area contributed by atoms with Gasteiger partial charge in [0.25, 0.3) is 0 Å². The Bertz CT molecular complexity index is 845. The van der Waals surface area contributed by atoms with Crippen molar-refractivity contribution in [3.63, 3.8) is 0 Å². The van der Waals surface area contributed by atoms with Gasteiger partial charge in [-0.1, -0.05) is 41.9 Å². The predicted octanol–water partition coefficient (Wildman–Crippen LogP) is 3.43. The van der Waals surface area contributed by atoms with Crippen molar-refractivity contribution < 1.29 is 9.59 Å². The first-order valence-electron chi connectivity index (χ1n) is 9.16. The summed E-state index contributed by atoms with van der Waals surface area (Å²) in [6.07, 6.45) is 0.991. The number of nitrogens with zero attached hydrogens (tertiary/aromatic N) is 1. The highest BCUT2D eigenvalue weighted by atomic mass is 35.5. The topological polar surface area (TPSA) is 61.4 Å². The number of hydrogen-bond donors (Lipinski definition) is 2. The third-order valence-electron chi connectivity index (χ3n) is 4.71. The van der Waals surface area contributed by atoms with Crippen molar-refractivity contribution in [1.29, 1.82) is 0 Å². The van der Waals surface area contributed by atoms with E-state index in [0.29, 0.717) is 17.3 Å². The van der Waals surface area contributed by atoms with E-state index >= 15 is 0 Å². The molecule has 0 bridgehead atoms. The minimum Gasteiger partial charge on any atom is -0.354 e. The van der Waals surface area contributed by atoms with Gasteiger partial charge in [-0.15, -0.1) is 11.8 Å². The van der Waals surface area contributed by atoms with Gasteiger partial charge in [0.1, 0.15) is 0 Å². The normalized spacial score (nSPS) is 17.0. The second kappa shape index (κ2) is 9.45. The SMILES string of the molecule is CN(C)C(CNC(=O)CC1Sc2ccc(Cl)cc2NC1=O)Cc1ccccc1. The van der Waals surface area contributed by atoms with Crippen LogP contribution in [0.3, 0.4) is 0 Å². The molecule has 2 aromatic rings. The standard InChI is InChI=1S/C21H24ClN3O2S/c1-25(2)16(10-14-6-4-3-5-7-14)13-23-20(26)12-19-21(27)24-17-11-15(22)8-9-18(17)28-19/h3-9,11,16,19H,10,12-13H2,1-2H3,(H,23,26)(H,24,27). The van der Waals surface area contributed by atoms with E-state index in [1.807, 2.05) is 38.4 Å². The van der Waals surface area contributed by atoms with Gasteiger partial charge in [-0.2, -0.15) is 0 Å². The number of carbonyl (C=O) groups excluding carboxylic acids is 2. The lowest BCUT2D eigenvalue weighted by molar-refractivity contribution is -0.124. The van der Waals surface area contributed by atoms with Crippen LogP contribution >= 0.6 is 23.4 Å². The van der Waals surface area contributed by atoms with Gasteiger partial charge in [-0.25, -0.2) is 0 Å². The third kappa shape index (κ3) is 5.50. The average molecular weight is 418 g/mol. The van der Waals surface area contributed by atoms with Crippen LogP contribution in [0.4, 0.5) is 5.69 Å². The van der Waals surface area contributed by atoms with Crippen LogP contribution in [0.25, 0.3) is 0 Å². The maximum atomic E-state index is 12.5. The second-order valence-electron chi connectivity index (χ2n) is 7.05. The van der Waals surface area contributed by atoms with Crippen LogP contribution in [-0.4, -0.2) is 48.6 Å². The van der Waals surface area contributed by atoms with Crippen molar-refractivity contribution in [3.8, 4) is 0 Å². The molecule has 28 heavy (non-hydrogen) atoms. The highest BCUT2D eigenvalue weighted by Gasteiger charge is 2.29. The number of anilines is 1. The Hall–Kier alpha value is -2.02. The lowest BCUT2D eigenvalue weighted by Gasteiger charge is -2.26. The van der Waals surface area contributed by atoms with Gasteiger partial charge in [-0.05, 0) is 44.3 Å². The summed E-state index contributed by atoms with van der Waals surface area (Å²) in [6.45, 7) is 0.534. The minimum atomic E-state index is -0.444. The number of carbonyl (C=O) groups is 2. The van der Waals surface area contributed by atoms with Crippen molar-refractivity contribution in [3.05, 3.63) is 59.1 Å². The summed E-state index contributed by atoms with van der Waals surface area (Å²) in [6, 6.07) is 15.8. The van der Waals surface area contributed by atoms with Crippen LogP contribution in [0.15, 0.2) is 53.4 Å². The van der Waals surface area contributed by atoms with E-state index in [0.717, 1.165) is 11.3 Å². The Morgan fingerprint density at radius 1 is 1.25 bits per heavy atom. The van der Waals surface area contributed by atoms with E-state index in [-0.39, 0.29) is 24.3 Å². The van der Waals surface area contributed by atoms with Gasteiger partial charge in [-0.3, -0.25) is 9.59 Å². The number of benzene rings is 2. The monoisotopic (exact) mass is 417 g/mol. The predicted molar refractivity (Wildman–Crippen MR) is 115 cm³/mol. The first-order chi connectivity index (χ1) is 13.4. The van der Waals surface area contributed by atoms with Crippen LogP contribution in [0, 0.1) is 0 Å². The number of thioether (sulfide) groups is 1. The number of rotatable bonds is 7. The van der Waals surface area contributed by atoms with E-state index in [4.69, 9.17) is 11.6 Å². The Labute approximate surface area is 174 Å². The fraction of sp³-hybridized carbons (Fsp3) is 0.333. The first-order valence-corrected chi connectivity index (χ1v) is 10.4. The maximum absolute atomic E-state index is 12.5. The van der Waals surface area contributed by atoms with Gasteiger partial charge in [0, 0.05) is 28.9 Å².